The number of rotatable bonds is 9. The van der Waals surface area contributed by atoms with Gasteiger partial charge < -0.3 is 19.2 Å². The number of aromatic nitrogens is 2. The first-order valence-electron chi connectivity index (χ1n) is 12.4. The first kappa shape index (κ1) is 25.1. The molecule has 194 valence electrons. The molecule has 0 spiro atoms. The van der Waals surface area contributed by atoms with Crippen LogP contribution in [0.2, 0.25) is 0 Å². The molecular formula is C28H31N3O5S. The van der Waals surface area contributed by atoms with Gasteiger partial charge in [0.1, 0.15) is 10.6 Å². The molecule has 0 unspecified atom stereocenters. The molecule has 0 bridgehead atoms. The molecule has 37 heavy (non-hydrogen) atoms. The van der Waals surface area contributed by atoms with Crippen molar-refractivity contribution in [3.8, 4) is 17.2 Å². The van der Waals surface area contributed by atoms with Gasteiger partial charge in [0.15, 0.2) is 11.5 Å². The molecule has 3 heterocycles. The van der Waals surface area contributed by atoms with Crippen molar-refractivity contribution in [2.24, 2.45) is 0 Å². The number of aromatic amines is 1. The van der Waals surface area contributed by atoms with Crippen LogP contribution in [-0.4, -0.2) is 50.1 Å². The van der Waals surface area contributed by atoms with Gasteiger partial charge in [-0.2, -0.15) is 4.31 Å². The second kappa shape index (κ2) is 10.4. The van der Waals surface area contributed by atoms with Crippen molar-refractivity contribution in [3.63, 3.8) is 0 Å². The van der Waals surface area contributed by atoms with Crippen LogP contribution in [0.3, 0.4) is 0 Å². The third kappa shape index (κ3) is 4.76. The van der Waals surface area contributed by atoms with Gasteiger partial charge in [0, 0.05) is 36.0 Å². The Hall–Kier alpha value is -3.56. The van der Waals surface area contributed by atoms with E-state index in [-0.39, 0.29) is 10.9 Å². The first-order valence-corrected chi connectivity index (χ1v) is 13.8. The van der Waals surface area contributed by atoms with Crippen molar-refractivity contribution in [2.45, 2.75) is 37.1 Å². The predicted octanol–water partition coefficient (Wildman–Crippen LogP) is 4.90. The average Bonchev–Trinajstić information content (AvgIpc) is 3.33. The third-order valence-corrected chi connectivity index (χ3v) is 8.83. The minimum absolute atomic E-state index is 0.193. The number of nitrogens with one attached hydrogen (secondary N) is 1. The number of nitrogens with zero attached hydrogens (tertiary/aromatic N) is 2. The molecule has 2 aromatic carbocycles. The number of benzene rings is 2. The van der Waals surface area contributed by atoms with Crippen LogP contribution in [0, 0.1) is 0 Å². The highest BCUT2D eigenvalue weighted by molar-refractivity contribution is 7.89. The van der Waals surface area contributed by atoms with Gasteiger partial charge in [0.25, 0.3) is 0 Å². The summed E-state index contributed by atoms with van der Waals surface area (Å²) in [7, 11) is -0.497. The van der Waals surface area contributed by atoms with E-state index in [1.165, 1.54) is 6.20 Å². The number of aryl methyl sites for hydroxylation is 1. The molecule has 0 aliphatic carbocycles. The van der Waals surface area contributed by atoms with E-state index >= 15 is 0 Å². The number of hydrogen-bond donors (Lipinski definition) is 1. The number of sulfonamides is 1. The lowest BCUT2D eigenvalue weighted by Gasteiger charge is -2.37. The lowest BCUT2D eigenvalue weighted by molar-refractivity contribution is 0.284. The van der Waals surface area contributed by atoms with Gasteiger partial charge in [-0.05, 0) is 85.3 Å². The highest BCUT2D eigenvalue weighted by atomic mass is 32.2. The van der Waals surface area contributed by atoms with Gasteiger partial charge in [0.2, 0.25) is 10.0 Å². The molecule has 5 rings (SSSR count). The van der Waals surface area contributed by atoms with Crippen molar-refractivity contribution >= 4 is 20.9 Å². The van der Waals surface area contributed by atoms with Crippen LogP contribution in [0.5, 0.6) is 17.2 Å². The van der Waals surface area contributed by atoms with E-state index in [2.05, 4.69) is 9.97 Å². The van der Waals surface area contributed by atoms with Crippen LogP contribution in [0.4, 0.5) is 0 Å². The van der Waals surface area contributed by atoms with Gasteiger partial charge in [-0.3, -0.25) is 4.98 Å². The normalized spacial score (nSPS) is 15.9. The lowest BCUT2D eigenvalue weighted by atomic mass is 9.90. The number of fused-ring (bicyclic) bond motifs is 2. The van der Waals surface area contributed by atoms with E-state index in [4.69, 9.17) is 14.2 Å². The molecule has 2 aromatic heterocycles. The first-order chi connectivity index (χ1) is 18.0. The Morgan fingerprint density at radius 3 is 2.70 bits per heavy atom. The van der Waals surface area contributed by atoms with Crippen LogP contribution in [0.1, 0.15) is 36.1 Å². The highest BCUT2D eigenvalue weighted by Gasteiger charge is 2.37. The molecule has 1 atom stereocenters. The van der Waals surface area contributed by atoms with Crippen molar-refractivity contribution in [1.29, 1.82) is 0 Å². The number of pyridine rings is 1. The summed E-state index contributed by atoms with van der Waals surface area (Å²) >= 11 is 0. The minimum Gasteiger partial charge on any atom is -0.497 e. The Morgan fingerprint density at radius 1 is 1.11 bits per heavy atom. The zero-order valence-corrected chi connectivity index (χ0v) is 22.0. The molecule has 9 heteroatoms. The minimum atomic E-state index is -3.77. The van der Waals surface area contributed by atoms with Crippen LogP contribution in [0.15, 0.2) is 66.0 Å². The summed E-state index contributed by atoms with van der Waals surface area (Å²) in [6.07, 6.45) is 6.83. The summed E-state index contributed by atoms with van der Waals surface area (Å²) in [6, 6.07) is 12.7. The molecule has 0 fully saturated rings. The standard InChI is InChI=1S/C28H31N3O5S/c1-4-36-28-16-24-19(14-27(28)35-3)11-13-31(37(32,33)22-6-5-12-29-18-22)26(24)10-7-20-17-30-25-9-8-21(34-2)15-23(20)25/h5-6,8-9,12,14-18,26,30H,4,7,10-11,13H2,1-3H3/t26-/m0/s1. The maximum absolute atomic E-state index is 13.8. The Labute approximate surface area is 217 Å². The highest BCUT2D eigenvalue weighted by Crippen LogP contribution is 2.42. The van der Waals surface area contributed by atoms with Crippen LogP contribution in [-0.2, 0) is 22.9 Å². The Bertz CT molecular complexity index is 1500. The van der Waals surface area contributed by atoms with Crippen LogP contribution in [0.25, 0.3) is 10.9 Å². The predicted molar refractivity (Wildman–Crippen MR) is 142 cm³/mol. The van der Waals surface area contributed by atoms with E-state index in [0.717, 1.165) is 33.3 Å². The van der Waals surface area contributed by atoms with Gasteiger partial charge in [-0.25, -0.2) is 8.42 Å². The third-order valence-electron chi connectivity index (χ3n) is 6.94. The fourth-order valence-electron chi connectivity index (χ4n) is 5.12. The van der Waals surface area contributed by atoms with Gasteiger partial charge in [-0.1, -0.05) is 0 Å². The van der Waals surface area contributed by atoms with Crippen molar-refractivity contribution in [2.75, 3.05) is 27.4 Å². The number of methoxy groups -OCH3 is 2. The fourth-order valence-corrected chi connectivity index (χ4v) is 6.72. The van der Waals surface area contributed by atoms with Crippen molar-refractivity contribution in [3.05, 3.63) is 77.7 Å². The van der Waals surface area contributed by atoms with E-state index in [1.807, 2.05) is 43.5 Å². The van der Waals surface area contributed by atoms with E-state index in [9.17, 15) is 8.42 Å². The van der Waals surface area contributed by atoms with Gasteiger partial charge >= 0.3 is 0 Å². The quantitative estimate of drug-likeness (QED) is 0.337. The second-order valence-electron chi connectivity index (χ2n) is 8.97. The van der Waals surface area contributed by atoms with Crippen molar-refractivity contribution < 1.29 is 22.6 Å². The zero-order valence-electron chi connectivity index (χ0n) is 21.2. The summed E-state index contributed by atoms with van der Waals surface area (Å²) in [5.74, 6) is 2.06. The van der Waals surface area contributed by atoms with Crippen molar-refractivity contribution in [1.82, 2.24) is 14.3 Å². The fraction of sp³-hybridized carbons (Fsp3) is 0.321. The maximum Gasteiger partial charge on any atom is 0.245 e. The van der Waals surface area contributed by atoms with E-state index in [1.54, 1.807) is 36.9 Å². The SMILES string of the molecule is CCOc1cc2c(cc1OC)CCN(S(=O)(=O)c1cccnc1)[C@H]2CCc1c[nH]c2ccc(OC)cc12. The second-order valence-corrected chi connectivity index (χ2v) is 10.9. The monoisotopic (exact) mass is 521 g/mol. The van der Waals surface area contributed by atoms with Crippen LogP contribution < -0.4 is 14.2 Å². The molecule has 0 amide bonds. The topological polar surface area (TPSA) is 93.8 Å². The summed E-state index contributed by atoms with van der Waals surface area (Å²) in [4.78, 5) is 7.57. The summed E-state index contributed by atoms with van der Waals surface area (Å²) in [5.41, 5.74) is 4.14. The molecule has 1 aliphatic rings. The van der Waals surface area contributed by atoms with Gasteiger partial charge in [0.05, 0.1) is 26.9 Å². The summed E-state index contributed by atoms with van der Waals surface area (Å²) in [6.45, 7) is 2.77. The van der Waals surface area contributed by atoms with E-state index in [0.29, 0.717) is 43.9 Å². The number of H-pyrrole nitrogens is 1. The summed E-state index contributed by atoms with van der Waals surface area (Å²) < 4.78 is 46.1. The number of hydrogen-bond acceptors (Lipinski definition) is 6. The Morgan fingerprint density at radius 2 is 1.97 bits per heavy atom. The molecular weight excluding hydrogens is 490 g/mol. The number of ether oxygens (including phenoxy) is 3. The average molecular weight is 522 g/mol. The Kier molecular flexibility index (Phi) is 7.08. The molecule has 8 nitrogen and oxygen atoms in total. The van der Waals surface area contributed by atoms with Gasteiger partial charge in [-0.15, -0.1) is 0 Å². The smallest absolute Gasteiger partial charge is 0.245 e. The van der Waals surface area contributed by atoms with Crippen LogP contribution >= 0.6 is 0 Å². The maximum atomic E-state index is 13.8. The molecule has 4 aromatic rings. The largest absolute Gasteiger partial charge is 0.497 e. The Balaban J connectivity index is 1.56. The molecule has 0 radical (unpaired) electrons. The van der Waals surface area contributed by atoms with E-state index < -0.39 is 10.0 Å². The lowest BCUT2D eigenvalue weighted by Crippen LogP contribution is -2.40. The molecule has 0 saturated heterocycles. The zero-order chi connectivity index (χ0) is 26.0. The molecule has 0 saturated carbocycles. The molecule has 1 aliphatic heterocycles. The summed E-state index contributed by atoms with van der Waals surface area (Å²) in [5, 5.41) is 1.07. The molecule has 1 N–H and O–H groups in total.